The van der Waals surface area contributed by atoms with Crippen LogP contribution in [-0.2, 0) is 4.79 Å². The van der Waals surface area contributed by atoms with Crippen molar-refractivity contribution in [2.75, 3.05) is 13.1 Å². The molecule has 1 saturated carbocycles. The van der Waals surface area contributed by atoms with Crippen LogP contribution in [0.15, 0.2) is 0 Å². The summed E-state index contributed by atoms with van der Waals surface area (Å²) in [6.45, 7) is 5.80. The molecule has 0 aromatic rings. The van der Waals surface area contributed by atoms with Gasteiger partial charge in [-0.3, -0.25) is 4.79 Å². The molecule has 0 aromatic heterocycles. The predicted octanol–water partition coefficient (Wildman–Crippen LogP) is 2.46. The maximum atomic E-state index is 11.3. The molecule has 0 bridgehead atoms. The molecule has 1 amide bonds. The summed E-state index contributed by atoms with van der Waals surface area (Å²) in [5.74, 6) is 1.13. The number of hydrogen-bond donors (Lipinski definition) is 2. The van der Waals surface area contributed by atoms with E-state index < -0.39 is 0 Å². The van der Waals surface area contributed by atoms with Gasteiger partial charge in [-0.05, 0) is 38.5 Å². The normalized spacial score (nSPS) is 24.6. The van der Waals surface area contributed by atoms with Crippen molar-refractivity contribution in [3.8, 4) is 0 Å². The van der Waals surface area contributed by atoms with Gasteiger partial charge in [0.1, 0.15) is 0 Å². The highest BCUT2D eigenvalue weighted by Gasteiger charge is 2.19. The van der Waals surface area contributed by atoms with Crippen LogP contribution in [-0.4, -0.2) is 25.0 Å². The Morgan fingerprint density at radius 3 is 2.47 bits per heavy atom. The maximum absolute atomic E-state index is 11.3. The average Bonchev–Trinajstić information content (AvgIpc) is 2.32. The molecule has 1 aliphatic carbocycles. The molecule has 0 spiro atoms. The minimum absolute atomic E-state index is 0.166. The summed E-state index contributed by atoms with van der Waals surface area (Å²) < 4.78 is 0. The first-order valence-electron chi connectivity index (χ1n) is 7.26. The minimum atomic E-state index is 0.166. The van der Waals surface area contributed by atoms with Gasteiger partial charge < -0.3 is 10.6 Å². The van der Waals surface area contributed by atoms with Gasteiger partial charge in [-0.15, -0.1) is 0 Å². The van der Waals surface area contributed by atoms with Crippen LogP contribution in [0.4, 0.5) is 0 Å². The third-order valence-corrected chi connectivity index (χ3v) is 3.70. The SMILES string of the molecule is CCCC1CCC(NCCC(=O)NCC)CC1. The molecule has 3 heteroatoms. The zero-order valence-corrected chi connectivity index (χ0v) is 11.4. The molecule has 17 heavy (non-hydrogen) atoms. The average molecular weight is 240 g/mol. The molecular formula is C14H28N2O. The fourth-order valence-corrected chi connectivity index (χ4v) is 2.74. The van der Waals surface area contributed by atoms with Crippen LogP contribution in [0.2, 0.25) is 0 Å². The molecule has 0 atom stereocenters. The zero-order valence-electron chi connectivity index (χ0n) is 11.4. The molecule has 0 aromatic carbocycles. The minimum Gasteiger partial charge on any atom is -0.356 e. The number of carbonyl (C=O) groups is 1. The third kappa shape index (κ3) is 6.06. The lowest BCUT2D eigenvalue weighted by atomic mass is 9.83. The van der Waals surface area contributed by atoms with Gasteiger partial charge in [-0.25, -0.2) is 0 Å². The van der Waals surface area contributed by atoms with E-state index in [4.69, 9.17) is 0 Å². The molecule has 0 heterocycles. The monoisotopic (exact) mass is 240 g/mol. The Labute approximate surface area is 106 Å². The van der Waals surface area contributed by atoms with Crippen LogP contribution in [0, 0.1) is 5.92 Å². The molecule has 3 nitrogen and oxygen atoms in total. The number of nitrogens with one attached hydrogen (secondary N) is 2. The summed E-state index contributed by atoms with van der Waals surface area (Å²) in [5.41, 5.74) is 0. The van der Waals surface area contributed by atoms with E-state index >= 15 is 0 Å². The van der Waals surface area contributed by atoms with Gasteiger partial charge in [-0.1, -0.05) is 19.8 Å². The summed E-state index contributed by atoms with van der Waals surface area (Å²) in [5, 5.41) is 6.34. The van der Waals surface area contributed by atoms with Crippen LogP contribution in [0.1, 0.15) is 58.8 Å². The topological polar surface area (TPSA) is 41.1 Å². The fourth-order valence-electron chi connectivity index (χ4n) is 2.74. The van der Waals surface area contributed by atoms with Crippen molar-refractivity contribution >= 4 is 5.91 Å². The number of hydrogen-bond acceptors (Lipinski definition) is 2. The lowest BCUT2D eigenvalue weighted by molar-refractivity contribution is -0.120. The van der Waals surface area contributed by atoms with Crippen LogP contribution in [0.25, 0.3) is 0 Å². The number of carbonyl (C=O) groups excluding carboxylic acids is 1. The highest BCUT2D eigenvalue weighted by atomic mass is 16.1. The van der Waals surface area contributed by atoms with E-state index in [2.05, 4.69) is 17.6 Å². The Morgan fingerprint density at radius 1 is 1.18 bits per heavy atom. The Morgan fingerprint density at radius 2 is 1.88 bits per heavy atom. The van der Waals surface area contributed by atoms with Crippen molar-refractivity contribution < 1.29 is 4.79 Å². The maximum Gasteiger partial charge on any atom is 0.221 e. The van der Waals surface area contributed by atoms with Crippen molar-refractivity contribution in [3.05, 3.63) is 0 Å². The van der Waals surface area contributed by atoms with Crippen molar-refractivity contribution in [1.82, 2.24) is 10.6 Å². The molecule has 2 N–H and O–H groups in total. The Kier molecular flexibility index (Phi) is 7.25. The first kappa shape index (κ1) is 14.5. The van der Waals surface area contributed by atoms with E-state index in [1.54, 1.807) is 0 Å². The molecule has 0 unspecified atom stereocenters. The van der Waals surface area contributed by atoms with E-state index in [1.807, 2.05) is 6.92 Å². The highest BCUT2D eigenvalue weighted by molar-refractivity contribution is 5.75. The van der Waals surface area contributed by atoms with E-state index in [0.29, 0.717) is 12.5 Å². The first-order chi connectivity index (χ1) is 8.26. The first-order valence-corrected chi connectivity index (χ1v) is 7.26. The van der Waals surface area contributed by atoms with Gasteiger partial charge in [-0.2, -0.15) is 0 Å². The van der Waals surface area contributed by atoms with E-state index in [9.17, 15) is 4.79 Å². The van der Waals surface area contributed by atoms with Gasteiger partial charge >= 0.3 is 0 Å². The van der Waals surface area contributed by atoms with Crippen LogP contribution >= 0.6 is 0 Å². The summed E-state index contributed by atoms with van der Waals surface area (Å²) >= 11 is 0. The van der Waals surface area contributed by atoms with Crippen molar-refractivity contribution in [1.29, 1.82) is 0 Å². The van der Waals surface area contributed by atoms with Crippen LogP contribution in [0.5, 0.6) is 0 Å². The fraction of sp³-hybridized carbons (Fsp3) is 0.929. The van der Waals surface area contributed by atoms with Gasteiger partial charge in [0.05, 0.1) is 0 Å². The summed E-state index contributed by atoms with van der Waals surface area (Å²) in [7, 11) is 0. The molecule has 100 valence electrons. The van der Waals surface area contributed by atoms with E-state index in [0.717, 1.165) is 19.0 Å². The smallest absolute Gasteiger partial charge is 0.221 e. The number of amides is 1. The van der Waals surface area contributed by atoms with Gasteiger partial charge in [0, 0.05) is 25.6 Å². The summed E-state index contributed by atoms with van der Waals surface area (Å²) in [4.78, 5) is 11.3. The van der Waals surface area contributed by atoms with Crippen molar-refractivity contribution in [2.24, 2.45) is 5.92 Å². The summed E-state index contributed by atoms with van der Waals surface area (Å²) in [6, 6.07) is 0.650. The Hall–Kier alpha value is -0.570. The molecule has 1 rings (SSSR count). The Balaban J connectivity index is 2.04. The number of rotatable bonds is 7. The molecule has 1 fully saturated rings. The van der Waals surface area contributed by atoms with Crippen molar-refractivity contribution in [3.63, 3.8) is 0 Å². The highest BCUT2D eigenvalue weighted by Crippen LogP contribution is 2.27. The predicted molar refractivity (Wildman–Crippen MR) is 72.0 cm³/mol. The quantitative estimate of drug-likeness (QED) is 0.718. The second-order valence-electron chi connectivity index (χ2n) is 5.16. The van der Waals surface area contributed by atoms with E-state index in [-0.39, 0.29) is 5.91 Å². The van der Waals surface area contributed by atoms with Gasteiger partial charge in [0.15, 0.2) is 0 Å². The largest absolute Gasteiger partial charge is 0.356 e. The van der Waals surface area contributed by atoms with Crippen molar-refractivity contribution in [2.45, 2.75) is 64.8 Å². The second-order valence-corrected chi connectivity index (χ2v) is 5.16. The van der Waals surface area contributed by atoms with Crippen LogP contribution in [0.3, 0.4) is 0 Å². The lowest BCUT2D eigenvalue weighted by Gasteiger charge is -2.29. The molecule has 1 aliphatic rings. The van der Waals surface area contributed by atoms with Crippen LogP contribution < -0.4 is 10.6 Å². The Bertz CT molecular complexity index is 210. The standard InChI is InChI=1S/C14H28N2O/c1-3-5-12-6-8-13(9-7-12)16-11-10-14(17)15-4-2/h12-13,16H,3-11H2,1-2H3,(H,15,17). The molecular weight excluding hydrogens is 212 g/mol. The van der Waals surface area contributed by atoms with Gasteiger partial charge in [0.2, 0.25) is 5.91 Å². The molecule has 0 saturated heterocycles. The lowest BCUT2D eigenvalue weighted by Crippen LogP contribution is -2.36. The van der Waals surface area contributed by atoms with E-state index in [1.165, 1.54) is 38.5 Å². The van der Waals surface area contributed by atoms with Gasteiger partial charge in [0.25, 0.3) is 0 Å². The molecule has 0 aliphatic heterocycles. The third-order valence-electron chi connectivity index (χ3n) is 3.70. The second kappa shape index (κ2) is 8.51. The zero-order chi connectivity index (χ0) is 12.5. The summed E-state index contributed by atoms with van der Waals surface area (Å²) in [6.07, 6.45) is 8.65. The molecule has 0 radical (unpaired) electrons.